The highest BCUT2D eigenvalue weighted by Gasteiger charge is 2.40. The molecule has 0 fully saturated rings. The highest BCUT2D eigenvalue weighted by Crippen LogP contribution is 2.48. The molecule has 3 heteroatoms. The van der Waals surface area contributed by atoms with Crippen LogP contribution in [0.3, 0.4) is 0 Å². The number of aromatic nitrogens is 2. The van der Waals surface area contributed by atoms with Crippen molar-refractivity contribution in [1.82, 2.24) is 14.5 Å². The predicted molar refractivity (Wildman–Crippen MR) is 92.7 cm³/mol. The molecule has 3 aromatic rings. The maximum Gasteiger partial charge on any atom is 0.0486 e. The molecule has 0 N–H and O–H groups in total. The second-order valence-electron chi connectivity index (χ2n) is 7.19. The summed E-state index contributed by atoms with van der Waals surface area (Å²) >= 11 is 0. The molecular formula is C20H21N3. The number of rotatable bonds is 1. The molecule has 4 heterocycles. The first-order valence-corrected chi connectivity index (χ1v) is 8.42. The van der Waals surface area contributed by atoms with Gasteiger partial charge in [0.25, 0.3) is 0 Å². The Balaban J connectivity index is 1.73. The molecule has 2 aliphatic heterocycles. The molecule has 0 aliphatic carbocycles. The van der Waals surface area contributed by atoms with Crippen molar-refractivity contribution in [2.75, 3.05) is 13.6 Å². The molecule has 3 nitrogen and oxygen atoms in total. The molecule has 2 atom stereocenters. The van der Waals surface area contributed by atoms with Gasteiger partial charge in [0.05, 0.1) is 0 Å². The molecule has 0 spiro atoms. The first-order valence-electron chi connectivity index (χ1n) is 8.42. The first-order chi connectivity index (χ1) is 11.2. The van der Waals surface area contributed by atoms with Crippen molar-refractivity contribution in [3.8, 4) is 0 Å². The highest BCUT2D eigenvalue weighted by atomic mass is 15.1. The van der Waals surface area contributed by atoms with Crippen molar-refractivity contribution in [3.63, 3.8) is 0 Å². The summed E-state index contributed by atoms with van der Waals surface area (Å²) in [5.41, 5.74) is 7.34. The summed E-state index contributed by atoms with van der Waals surface area (Å²) < 4.78 is 2.59. The maximum atomic E-state index is 4.19. The lowest BCUT2D eigenvalue weighted by molar-refractivity contribution is 0.273. The Kier molecular flexibility index (Phi) is 2.71. The van der Waals surface area contributed by atoms with Gasteiger partial charge in [-0.05, 0) is 49.4 Å². The Morgan fingerprint density at radius 1 is 1.04 bits per heavy atom. The summed E-state index contributed by atoms with van der Waals surface area (Å²) in [5, 5.41) is 1.46. The van der Waals surface area contributed by atoms with Crippen LogP contribution in [0.25, 0.3) is 10.9 Å². The average Bonchev–Trinajstić information content (AvgIpc) is 3.07. The molecule has 1 aromatic carbocycles. The van der Waals surface area contributed by atoms with Gasteiger partial charge in [-0.15, -0.1) is 0 Å². The van der Waals surface area contributed by atoms with E-state index in [4.69, 9.17) is 0 Å². The van der Waals surface area contributed by atoms with Crippen LogP contribution >= 0.6 is 0 Å². The van der Waals surface area contributed by atoms with Crippen LogP contribution < -0.4 is 0 Å². The Bertz CT molecular complexity index is 894. The van der Waals surface area contributed by atoms with E-state index >= 15 is 0 Å². The van der Waals surface area contributed by atoms with Gasteiger partial charge in [-0.1, -0.05) is 11.6 Å². The molecule has 2 aromatic heterocycles. The average molecular weight is 303 g/mol. The third-order valence-corrected chi connectivity index (χ3v) is 5.65. The molecule has 0 saturated carbocycles. The summed E-state index contributed by atoms with van der Waals surface area (Å²) in [5.74, 6) is 1.17. The maximum absolute atomic E-state index is 4.19. The van der Waals surface area contributed by atoms with E-state index in [-0.39, 0.29) is 0 Å². The number of pyridine rings is 1. The molecule has 2 unspecified atom stereocenters. The summed E-state index contributed by atoms with van der Waals surface area (Å²) in [6.07, 6.45) is 3.86. The van der Waals surface area contributed by atoms with Gasteiger partial charge >= 0.3 is 0 Å². The number of nitrogens with zero attached hydrogens (tertiary/aromatic N) is 3. The standard InChI is InChI=1S/C20H21N3/c1-13-3-4-19-15(9-13)17-10-22(2)11-18-16(12-23(19)20(17)18)14-5-7-21-8-6-14/h3-9,16,18H,10-12H2,1-2H3. The van der Waals surface area contributed by atoms with Crippen molar-refractivity contribution < 1.29 is 0 Å². The quantitative estimate of drug-likeness (QED) is 0.684. The Labute approximate surface area is 136 Å². The predicted octanol–water partition coefficient (Wildman–Crippen LogP) is 3.67. The lowest BCUT2D eigenvalue weighted by Gasteiger charge is -2.31. The van der Waals surface area contributed by atoms with Crippen LogP contribution in [0.4, 0.5) is 0 Å². The first kappa shape index (κ1) is 13.3. The monoisotopic (exact) mass is 303 g/mol. The van der Waals surface area contributed by atoms with Gasteiger partial charge in [-0.25, -0.2) is 0 Å². The second kappa shape index (κ2) is 4.68. The Morgan fingerprint density at radius 3 is 2.70 bits per heavy atom. The Morgan fingerprint density at radius 2 is 1.87 bits per heavy atom. The minimum atomic E-state index is 0.570. The number of aryl methyl sites for hydroxylation is 1. The molecule has 23 heavy (non-hydrogen) atoms. The van der Waals surface area contributed by atoms with E-state index in [1.54, 1.807) is 11.3 Å². The number of fused-ring (bicyclic) bond motifs is 3. The van der Waals surface area contributed by atoms with E-state index < -0.39 is 0 Å². The van der Waals surface area contributed by atoms with E-state index in [0.29, 0.717) is 11.8 Å². The fourth-order valence-corrected chi connectivity index (χ4v) is 4.69. The van der Waals surface area contributed by atoms with Crippen molar-refractivity contribution in [2.45, 2.75) is 31.8 Å². The molecule has 116 valence electrons. The molecule has 0 saturated heterocycles. The zero-order valence-corrected chi connectivity index (χ0v) is 13.7. The minimum absolute atomic E-state index is 0.570. The van der Waals surface area contributed by atoms with E-state index in [1.165, 1.54) is 22.0 Å². The summed E-state index contributed by atoms with van der Waals surface area (Å²) in [6.45, 7) is 5.51. The number of benzene rings is 1. The molecule has 0 bridgehead atoms. The molecule has 5 rings (SSSR count). The lowest BCUT2D eigenvalue weighted by Crippen LogP contribution is -2.31. The summed E-state index contributed by atoms with van der Waals surface area (Å²) in [6, 6.07) is 11.3. The van der Waals surface area contributed by atoms with Crippen LogP contribution in [0.15, 0.2) is 42.7 Å². The van der Waals surface area contributed by atoms with Crippen LogP contribution in [0.2, 0.25) is 0 Å². The number of hydrogen-bond acceptors (Lipinski definition) is 2. The second-order valence-corrected chi connectivity index (χ2v) is 7.19. The van der Waals surface area contributed by atoms with E-state index in [1.807, 2.05) is 12.4 Å². The molecule has 0 amide bonds. The van der Waals surface area contributed by atoms with Gasteiger partial charge in [-0.2, -0.15) is 0 Å². The largest absolute Gasteiger partial charge is 0.343 e. The van der Waals surface area contributed by atoms with E-state index in [0.717, 1.165) is 19.6 Å². The molecule has 2 aliphatic rings. The third-order valence-electron chi connectivity index (χ3n) is 5.65. The lowest BCUT2D eigenvalue weighted by atomic mass is 9.83. The van der Waals surface area contributed by atoms with Gasteiger partial charge in [0.15, 0.2) is 0 Å². The van der Waals surface area contributed by atoms with Crippen molar-refractivity contribution in [2.24, 2.45) is 0 Å². The normalized spacial score (nSPS) is 23.4. The Hall–Kier alpha value is -2.13. The van der Waals surface area contributed by atoms with Gasteiger partial charge in [0.2, 0.25) is 0 Å². The fraction of sp³-hybridized carbons (Fsp3) is 0.350. The zero-order chi connectivity index (χ0) is 15.6. The topological polar surface area (TPSA) is 21.1 Å². The number of hydrogen-bond donors (Lipinski definition) is 0. The smallest absolute Gasteiger partial charge is 0.0486 e. The summed E-state index contributed by atoms with van der Waals surface area (Å²) in [4.78, 5) is 6.68. The van der Waals surface area contributed by atoms with E-state index in [2.05, 4.69) is 58.8 Å². The summed E-state index contributed by atoms with van der Waals surface area (Å²) in [7, 11) is 2.25. The van der Waals surface area contributed by atoms with Crippen LogP contribution in [0.5, 0.6) is 0 Å². The van der Waals surface area contributed by atoms with Gasteiger partial charge in [-0.3, -0.25) is 4.98 Å². The van der Waals surface area contributed by atoms with Crippen molar-refractivity contribution in [3.05, 3.63) is 65.1 Å². The SMILES string of the molecule is Cc1ccc2c(c1)c1c3n2CC(c2ccncc2)C3CN(C)C1. The number of likely N-dealkylation sites (N-methyl/N-ethyl adjacent to an activating group) is 1. The zero-order valence-electron chi connectivity index (χ0n) is 13.7. The molecule has 0 radical (unpaired) electrons. The van der Waals surface area contributed by atoms with Gasteiger partial charge < -0.3 is 9.47 Å². The van der Waals surface area contributed by atoms with Crippen molar-refractivity contribution >= 4 is 10.9 Å². The van der Waals surface area contributed by atoms with Gasteiger partial charge in [0.1, 0.15) is 0 Å². The minimum Gasteiger partial charge on any atom is -0.343 e. The van der Waals surface area contributed by atoms with Crippen molar-refractivity contribution in [1.29, 1.82) is 0 Å². The fourth-order valence-electron chi connectivity index (χ4n) is 4.69. The highest BCUT2D eigenvalue weighted by molar-refractivity contribution is 5.87. The van der Waals surface area contributed by atoms with E-state index in [9.17, 15) is 0 Å². The van der Waals surface area contributed by atoms with Crippen LogP contribution in [-0.4, -0.2) is 28.0 Å². The van der Waals surface area contributed by atoms with Crippen LogP contribution in [0, 0.1) is 6.92 Å². The third kappa shape index (κ3) is 1.83. The van der Waals surface area contributed by atoms with Crippen LogP contribution in [-0.2, 0) is 13.1 Å². The van der Waals surface area contributed by atoms with Crippen LogP contribution in [0.1, 0.15) is 34.2 Å². The molecular weight excluding hydrogens is 282 g/mol. The van der Waals surface area contributed by atoms with Gasteiger partial charge in [0, 0.05) is 60.5 Å².